The molecule has 2 amide bonds. The standard InChI is InChI=1S/C21H20BrNO4S/c1-3-9-23-20(24)19(28-21(23)25)11-15-10-17(26-2)18(12-16(15)22)27-13-14-7-5-4-6-8-14/h4-8,10-12H,3,9,13H2,1-2H3/b19-11+. The highest BCUT2D eigenvalue weighted by Crippen LogP contribution is 2.38. The van der Waals surface area contributed by atoms with Gasteiger partial charge in [-0.15, -0.1) is 0 Å². The van der Waals surface area contributed by atoms with Gasteiger partial charge in [-0.1, -0.05) is 53.2 Å². The van der Waals surface area contributed by atoms with Gasteiger partial charge in [0, 0.05) is 11.0 Å². The minimum Gasteiger partial charge on any atom is -0.493 e. The average Bonchev–Trinajstić information content (AvgIpc) is 2.96. The molecule has 0 atom stereocenters. The molecular formula is C21H20BrNO4S. The van der Waals surface area contributed by atoms with Crippen LogP contribution in [-0.2, 0) is 11.4 Å². The zero-order chi connectivity index (χ0) is 20.1. The summed E-state index contributed by atoms with van der Waals surface area (Å²) < 4.78 is 12.1. The molecule has 0 spiro atoms. The molecule has 1 aliphatic heterocycles. The molecule has 3 rings (SSSR count). The topological polar surface area (TPSA) is 55.8 Å². The summed E-state index contributed by atoms with van der Waals surface area (Å²) in [6.45, 7) is 2.78. The highest BCUT2D eigenvalue weighted by molar-refractivity contribution is 9.10. The molecule has 1 heterocycles. The second-order valence-corrected chi connectivity index (χ2v) is 7.98. The highest BCUT2D eigenvalue weighted by atomic mass is 79.9. The third-order valence-electron chi connectivity index (χ3n) is 4.13. The van der Waals surface area contributed by atoms with Crippen molar-refractivity contribution in [2.24, 2.45) is 0 Å². The van der Waals surface area contributed by atoms with Crippen LogP contribution in [0.5, 0.6) is 11.5 Å². The molecule has 0 aromatic heterocycles. The summed E-state index contributed by atoms with van der Waals surface area (Å²) in [5, 5.41) is -0.232. The van der Waals surface area contributed by atoms with E-state index in [1.807, 2.05) is 43.3 Å². The molecule has 0 saturated carbocycles. The Morgan fingerprint density at radius 2 is 1.89 bits per heavy atom. The molecule has 0 N–H and O–H groups in total. The van der Waals surface area contributed by atoms with Gasteiger partial charge < -0.3 is 9.47 Å². The number of amides is 2. The molecule has 5 nitrogen and oxygen atoms in total. The molecule has 0 bridgehead atoms. The lowest BCUT2D eigenvalue weighted by Crippen LogP contribution is -2.28. The van der Waals surface area contributed by atoms with Crippen LogP contribution in [0, 0.1) is 0 Å². The van der Waals surface area contributed by atoms with Crippen LogP contribution in [0.1, 0.15) is 24.5 Å². The third kappa shape index (κ3) is 4.59. The zero-order valence-corrected chi connectivity index (χ0v) is 18.0. The first-order valence-corrected chi connectivity index (χ1v) is 10.4. The van der Waals surface area contributed by atoms with E-state index in [2.05, 4.69) is 15.9 Å². The third-order valence-corrected chi connectivity index (χ3v) is 5.72. The Hall–Kier alpha value is -2.25. The van der Waals surface area contributed by atoms with Gasteiger partial charge in [-0.05, 0) is 47.5 Å². The number of hydrogen-bond donors (Lipinski definition) is 0. The fourth-order valence-electron chi connectivity index (χ4n) is 2.73. The van der Waals surface area contributed by atoms with E-state index in [0.717, 1.165) is 33.8 Å². The number of carbonyl (C=O) groups is 2. The maximum Gasteiger partial charge on any atom is 0.293 e. The van der Waals surface area contributed by atoms with Gasteiger partial charge in [0.25, 0.3) is 11.1 Å². The molecule has 1 saturated heterocycles. The van der Waals surface area contributed by atoms with Crippen molar-refractivity contribution in [2.75, 3.05) is 13.7 Å². The van der Waals surface area contributed by atoms with Gasteiger partial charge in [0.05, 0.1) is 12.0 Å². The number of nitrogens with zero attached hydrogens (tertiary/aromatic N) is 1. The number of rotatable bonds is 7. The minimum atomic E-state index is -0.257. The Balaban J connectivity index is 1.83. The summed E-state index contributed by atoms with van der Waals surface area (Å²) in [4.78, 5) is 26.2. The van der Waals surface area contributed by atoms with E-state index in [4.69, 9.17) is 9.47 Å². The minimum absolute atomic E-state index is 0.232. The van der Waals surface area contributed by atoms with Gasteiger partial charge in [-0.2, -0.15) is 0 Å². The van der Waals surface area contributed by atoms with Crippen LogP contribution in [0.2, 0.25) is 0 Å². The highest BCUT2D eigenvalue weighted by Gasteiger charge is 2.34. The molecule has 0 radical (unpaired) electrons. The van der Waals surface area contributed by atoms with Crippen molar-refractivity contribution >= 4 is 44.9 Å². The Morgan fingerprint density at radius 3 is 2.57 bits per heavy atom. The van der Waals surface area contributed by atoms with Crippen LogP contribution in [0.25, 0.3) is 6.08 Å². The van der Waals surface area contributed by atoms with Crippen molar-refractivity contribution < 1.29 is 19.1 Å². The van der Waals surface area contributed by atoms with E-state index in [-0.39, 0.29) is 11.1 Å². The van der Waals surface area contributed by atoms with Gasteiger partial charge in [0.2, 0.25) is 0 Å². The van der Waals surface area contributed by atoms with Crippen molar-refractivity contribution in [1.82, 2.24) is 4.90 Å². The van der Waals surface area contributed by atoms with E-state index >= 15 is 0 Å². The van der Waals surface area contributed by atoms with Gasteiger partial charge >= 0.3 is 0 Å². The number of hydrogen-bond acceptors (Lipinski definition) is 5. The Bertz CT molecular complexity index is 914. The van der Waals surface area contributed by atoms with Gasteiger partial charge in [-0.3, -0.25) is 14.5 Å². The first-order chi connectivity index (χ1) is 13.5. The van der Waals surface area contributed by atoms with Crippen molar-refractivity contribution in [3.63, 3.8) is 0 Å². The largest absolute Gasteiger partial charge is 0.493 e. The van der Waals surface area contributed by atoms with Gasteiger partial charge in [0.15, 0.2) is 11.5 Å². The fourth-order valence-corrected chi connectivity index (χ4v) is 4.02. The Kier molecular flexibility index (Phi) is 6.80. The summed E-state index contributed by atoms with van der Waals surface area (Å²) in [7, 11) is 1.57. The van der Waals surface area contributed by atoms with Crippen LogP contribution in [0.4, 0.5) is 4.79 Å². The number of imide groups is 1. The Morgan fingerprint density at radius 1 is 1.14 bits per heavy atom. The number of thioether (sulfide) groups is 1. The van der Waals surface area contributed by atoms with E-state index in [1.54, 1.807) is 19.3 Å². The van der Waals surface area contributed by atoms with Crippen molar-refractivity contribution in [3.8, 4) is 11.5 Å². The molecule has 2 aromatic rings. The van der Waals surface area contributed by atoms with E-state index in [1.165, 1.54) is 4.90 Å². The lowest BCUT2D eigenvalue weighted by Gasteiger charge is -2.13. The molecule has 28 heavy (non-hydrogen) atoms. The smallest absolute Gasteiger partial charge is 0.293 e. The average molecular weight is 462 g/mol. The van der Waals surface area contributed by atoms with Crippen LogP contribution < -0.4 is 9.47 Å². The fraction of sp³-hybridized carbons (Fsp3) is 0.238. The van der Waals surface area contributed by atoms with E-state index < -0.39 is 0 Å². The normalized spacial score (nSPS) is 15.4. The van der Waals surface area contributed by atoms with Crippen molar-refractivity contribution in [3.05, 3.63) is 63.0 Å². The number of methoxy groups -OCH3 is 1. The molecule has 7 heteroatoms. The molecule has 146 valence electrons. The number of carbonyl (C=O) groups excluding carboxylic acids is 2. The molecule has 0 aliphatic carbocycles. The second-order valence-electron chi connectivity index (χ2n) is 6.13. The predicted molar refractivity (Wildman–Crippen MR) is 114 cm³/mol. The summed E-state index contributed by atoms with van der Waals surface area (Å²) in [6, 6.07) is 13.4. The van der Waals surface area contributed by atoms with Crippen LogP contribution in [0.15, 0.2) is 51.8 Å². The number of halogens is 1. The van der Waals surface area contributed by atoms with Crippen molar-refractivity contribution in [2.45, 2.75) is 20.0 Å². The second kappa shape index (κ2) is 9.30. The quantitative estimate of drug-likeness (QED) is 0.510. The summed E-state index contributed by atoms with van der Waals surface area (Å²) in [5.41, 5.74) is 1.79. The SMILES string of the molecule is CCCN1C(=O)S/C(=C/c2cc(OC)c(OCc3ccccc3)cc2Br)C1=O. The zero-order valence-electron chi connectivity index (χ0n) is 15.6. The maximum absolute atomic E-state index is 12.4. The molecule has 0 unspecified atom stereocenters. The summed E-state index contributed by atoms with van der Waals surface area (Å²) >= 11 is 4.48. The lowest BCUT2D eigenvalue weighted by atomic mass is 10.1. The number of benzene rings is 2. The monoisotopic (exact) mass is 461 g/mol. The molecule has 1 aliphatic rings. The lowest BCUT2D eigenvalue weighted by molar-refractivity contribution is -0.122. The molecule has 2 aromatic carbocycles. The summed E-state index contributed by atoms with van der Waals surface area (Å²) in [6.07, 6.45) is 2.43. The first-order valence-electron chi connectivity index (χ1n) is 8.83. The van der Waals surface area contributed by atoms with Crippen molar-refractivity contribution in [1.29, 1.82) is 0 Å². The molecule has 1 fully saturated rings. The summed E-state index contributed by atoms with van der Waals surface area (Å²) in [5.74, 6) is 0.889. The van der Waals surface area contributed by atoms with Crippen LogP contribution >= 0.6 is 27.7 Å². The van der Waals surface area contributed by atoms with E-state index in [9.17, 15) is 9.59 Å². The number of ether oxygens (including phenoxy) is 2. The van der Waals surface area contributed by atoms with Gasteiger partial charge in [0.1, 0.15) is 6.61 Å². The van der Waals surface area contributed by atoms with Gasteiger partial charge in [-0.25, -0.2) is 0 Å². The Labute approximate surface area is 176 Å². The van der Waals surface area contributed by atoms with E-state index in [0.29, 0.717) is 29.6 Å². The first kappa shape index (κ1) is 20.5. The van der Waals surface area contributed by atoms with Crippen LogP contribution in [0.3, 0.4) is 0 Å². The maximum atomic E-state index is 12.4. The molecular weight excluding hydrogens is 442 g/mol. The predicted octanol–water partition coefficient (Wildman–Crippen LogP) is 5.48. The van der Waals surface area contributed by atoms with Crippen LogP contribution in [-0.4, -0.2) is 29.7 Å².